The molecule has 8 heteroatoms. The number of nitrogens with zero attached hydrogens (tertiary/aromatic N) is 3. The minimum Gasteiger partial charge on any atom is -0.383 e. The molecular formula is C20H26N4O3S. The van der Waals surface area contributed by atoms with Crippen molar-refractivity contribution in [3.8, 4) is 0 Å². The number of benzene rings is 1. The Morgan fingerprint density at radius 1 is 1.14 bits per heavy atom. The van der Waals surface area contributed by atoms with Crippen LogP contribution in [0.1, 0.15) is 32.2 Å². The number of aromatic nitrogens is 3. The predicted octanol–water partition coefficient (Wildman–Crippen LogP) is 2.85. The number of fused-ring (bicyclic) bond motifs is 1. The lowest BCUT2D eigenvalue weighted by Crippen LogP contribution is -2.25. The molecule has 0 saturated heterocycles. The van der Waals surface area contributed by atoms with Crippen molar-refractivity contribution in [2.45, 2.75) is 44.2 Å². The lowest BCUT2D eigenvalue weighted by molar-refractivity contribution is 0.187. The van der Waals surface area contributed by atoms with Crippen LogP contribution in [-0.4, -0.2) is 36.7 Å². The monoisotopic (exact) mass is 402 g/mol. The first-order valence-corrected chi connectivity index (χ1v) is 10.6. The maximum atomic E-state index is 12.7. The van der Waals surface area contributed by atoms with E-state index in [0.29, 0.717) is 24.6 Å². The number of methoxy groups -OCH3 is 1. The molecule has 0 aliphatic carbocycles. The van der Waals surface area contributed by atoms with Crippen molar-refractivity contribution in [2.75, 3.05) is 13.7 Å². The number of hydrogen-bond acceptors (Lipinski definition) is 5. The van der Waals surface area contributed by atoms with E-state index in [1.807, 2.05) is 22.8 Å². The van der Waals surface area contributed by atoms with Gasteiger partial charge < -0.3 is 9.30 Å². The SMILES string of the molecule is COCCn1c(CNS(=O)(=O)c2ccc(C(C)(C)C)cc2)nc2cccnc21. The van der Waals surface area contributed by atoms with Crippen LogP contribution < -0.4 is 4.72 Å². The molecule has 0 amide bonds. The molecule has 0 radical (unpaired) electrons. The summed E-state index contributed by atoms with van der Waals surface area (Å²) in [7, 11) is -2.03. The smallest absolute Gasteiger partial charge is 0.240 e. The highest BCUT2D eigenvalue weighted by Crippen LogP contribution is 2.23. The zero-order valence-electron chi connectivity index (χ0n) is 16.6. The fourth-order valence-corrected chi connectivity index (χ4v) is 3.92. The van der Waals surface area contributed by atoms with E-state index in [4.69, 9.17) is 4.74 Å². The summed E-state index contributed by atoms with van der Waals surface area (Å²) >= 11 is 0. The molecule has 3 aromatic rings. The number of nitrogens with one attached hydrogen (secondary N) is 1. The number of hydrogen-bond donors (Lipinski definition) is 1. The molecule has 0 atom stereocenters. The van der Waals surface area contributed by atoms with Gasteiger partial charge in [0.2, 0.25) is 10.0 Å². The molecule has 28 heavy (non-hydrogen) atoms. The molecule has 2 heterocycles. The molecule has 0 saturated carbocycles. The second-order valence-electron chi connectivity index (χ2n) is 7.62. The third-order valence-electron chi connectivity index (χ3n) is 4.55. The van der Waals surface area contributed by atoms with Crippen molar-refractivity contribution < 1.29 is 13.2 Å². The number of sulfonamides is 1. The van der Waals surface area contributed by atoms with Crippen LogP contribution in [0.25, 0.3) is 11.2 Å². The van der Waals surface area contributed by atoms with Crippen molar-refractivity contribution >= 4 is 21.2 Å². The Morgan fingerprint density at radius 3 is 2.50 bits per heavy atom. The van der Waals surface area contributed by atoms with Crippen molar-refractivity contribution in [2.24, 2.45) is 0 Å². The van der Waals surface area contributed by atoms with Crippen LogP contribution >= 0.6 is 0 Å². The largest absolute Gasteiger partial charge is 0.383 e. The van der Waals surface area contributed by atoms with E-state index in [1.54, 1.807) is 31.5 Å². The van der Waals surface area contributed by atoms with Gasteiger partial charge in [0, 0.05) is 19.9 Å². The summed E-state index contributed by atoms with van der Waals surface area (Å²) in [4.78, 5) is 9.12. The number of rotatable bonds is 7. The molecule has 3 rings (SSSR count). The number of ether oxygens (including phenoxy) is 1. The van der Waals surface area contributed by atoms with Crippen LogP contribution in [-0.2, 0) is 33.3 Å². The minimum atomic E-state index is -3.65. The highest BCUT2D eigenvalue weighted by atomic mass is 32.2. The van der Waals surface area contributed by atoms with Crippen molar-refractivity contribution in [1.29, 1.82) is 0 Å². The van der Waals surface area contributed by atoms with Gasteiger partial charge in [0.05, 0.1) is 18.0 Å². The summed E-state index contributed by atoms with van der Waals surface area (Å²) in [5.41, 5.74) is 2.49. The molecule has 0 spiro atoms. The minimum absolute atomic E-state index is 0.0328. The quantitative estimate of drug-likeness (QED) is 0.657. The normalized spacial score (nSPS) is 12.6. The topological polar surface area (TPSA) is 86.1 Å². The van der Waals surface area contributed by atoms with Crippen molar-refractivity contribution in [3.63, 3.8) is 0 Å². The van der Waals surface area contributed by atoms with E-state index in [1.165, 1.54) is 0 Å². The summed E-state index contributed by atoms with van der Waals surface area (Å²) in [6.07, 6.45) is 1.69. The summed E-state index contributed by atoms with van der Waals surface area (Å²) in [6.45, 7) is 7.37. The highest BCUT2D eigenvalue weighted by Gasteiger charge is 2.19. The van der Waals surface area contributed by atoms with Gasteiger partial charge in [-0.3, -0.25) is 0 Å². The first kappa shape index (κ1) is 20.4. The summed E-state index contributed by atoms with van der Waals surface area (Å²) in [5, 5.41) is 0. The summed E-state index contributed by atoms with van der Waals surface area (Å²) in [6, 6.07) is 10.6. The average molecular weight is 403 g/mol. The van der Waals surface area contributed by atoms with Gasteiger partial charge in [0.15, 0.2) is 5.65 Å². The van der Waals surface area contributed by atoms with Gasteiger partial charge in [-0.15, -0.1) is 0 Å². The predicted molar refractivity (Wildman–Crippen MR) is 109 cm³/mol. The average Bonchev–Trinajstić information content (AvgIpc) is 3.02. The van der Waals surface area contributed by atoms with E-state index in [-0.39, 0.29) is 16.9 Å². The van der Waals surface area contributed by atoms with Crippen molar-refractivity contribution in [1.82, 2.24) is 19.3 Å². The van der Waals surface area contributed by atoms with E-state index in [9.17, 15) is 8.42 Å². The van der Waals surface area contributed by atoms with Crippen LogP contribution in [0.3, 0.4) is 0 Å². The summed E-state index contributed by atoms with van der Waals surface area (Å²) in [5.74, 6) is 0.598. The van der Waals surface area contributed by atoms with Crippen LogP contribution in [0.4, 0.5) is 0 Å². The Bertz CT molecular complexity index is 1050. The second kappa shape index (κ2) is 7.98. The van der Waals surface area contributed by atoms with Crippen LogP contribution in [0.5, 0.6) is 0 Å². The lowest BCUT2D eigenvalue weighted by Gasteiger charge is -2.19. The van der Waals surface area contributed by atoms with Gasteiger partial charge >= 0.3 is 0 Å². The molecule has 0 aliphatic heterocycles. The van der Waals surface area contributed by atoms with E-state index >= 15 is 0 Å². The van der Waals surface area contributed by atoms with Gasteiger partial charge in [-0.2, -0.15) is 0 Å². The summed E-state index contributed by atoms with van der Waals surface area (Å²) < 4.78 is 35.1. The Balaban J connectivity index is 1.82. The number of pyridine rings is 1. The molecule has 0 fully saturated rings. The maximum absolute atomic E-state index is 12.7. The van der Waals surface area contributed by atoms with Gasteiger partial charge in [0.1, 0.15) is 11.3 Å². The Kier molecular flexibility index (Phi) is 5.83. The molecule has 7 nitrogen and oxygen atoms in total. The van der Waals surface area contributed by atoms with Crippen LogP contribution in [0, 0.1) is 0 Å². The molecule has 1 N–H and O–H groups in total. The molecular weight excluding hydrogens is 376 g/mol. The maximum Gasteiger partial charge on any atom is 0.240 e. The third kappa shape index (κ3) is 4.40. The molecule has 2 aromatic heterocycles. The molecule has 0 bridgehead atoms. The van der Waals surface area contributed by atoms with E-state index < -0.39 is 10.0 Å². The molecule has 150 valence electrons. The fourth-order valence-electron chi connectivity index (χ4n) is 2.93. The second-order valence-corrected chi connectivity index (χ2v) is 9.38. The molecule has 1 aromatic carbocycles. The molecule has 0 unspecified atom stereocenters. The first-order chi connectivity index (χ1) is 13.2. The zero-order chi connectivity index (χ0) is 20.4. The third-order valence-corrected chi connectivity index (χ3v) is 5.97. The van der Waals surface area contributed by atoms with Gasteiger partial charge in [-0.05, 0) is 35.2 Å². The Morgan fingerprint density at radius 2 is 1.86 bits per heavy atom. The van der Waals surface area contributed by atoms with Gasteiger partial charge in [0.25, 0.3) is 0 Å². The van der Waals surface area contributed by atoms with Crippen molar-refractivity contribution in [3.05, 3.63) is 54.0 Å². The number of imidazole rings is 1. The zero-order valence-corrected chi connectivity index (χ0v) is 17.5. The van der Waals surface area contributed by atoms with Gasteiger partial charge in [-0.1, -0.05) is 32.9 Å². The fraction of sp³-hybridized carbons (Fsp3) is 0.400. The van der Waals surface area contributed by atoms with E-state index in [0.717, 1.165) is 11.1 Å². The molecule has 0 aliphatic rings. The van der Waals surface area contributed by atoms with Crippen LogP contribution in [0.2, 0.25) is 0 Å². The first-order valence-electron chi connectivity index (χ1n) is 9.11. The Labute approximate surface area is 165 Å². The van der Waals surface area contributed by atoms with E-state index in [2.05, 4.69) is 35.5 Å². The standard InChI is InChI=1S/C20H26N4O3S/c1-20(2,3)15-7-9-16(10-8-15)28(25,26)22-14-18-23-17-6-5-11-21-19(17)24(18)12-13-27-4/h5-11,22H,12-14H2,1-4H3. The van der Waals surface area contributed by atoms with Crippen LogP contribution in [0.15, 0.2) is 47.5 Å². The lowest BCUT2D eigenvalue weighted by atomic mass is 9.87. The highest BCUT2D eigenvalue weighted by molar-refractivity contribution is 7.89. The Hall–Kier alpha value is -2.29. The van der Waals surface area contributed by atoms with Gasteiger partial charge in [-0.25, -0.2) is 23.1 Å².